The number of nitrogens with zero attached hydrogens (tertiary/aromatic N) is 1. The number of rotatable bonds is 9. The second kappa shape index (κ2) is 10.1. The van der Waals surface area contributed by atoms with Crippen LogP contribution in [-0.2, 0) is 16.0 Å². The molecule has 0 aliphatic heterocycles. The van der Waals surface area contributed by atoms with Crippen LogP contribution in [0.4, 0.5) is 0 Å². The average Bonchev–Trinajstić information content (AvgIpc) is 2.65. The summed E-state index contributed by atoms with van der Waals surface area (Å²) < 4.78 is 16.0. The SMILES string of the molecule is CCOc1cc(C=CC(=O)OCCCc2ccncc2)ccc1OC. The molecule has 0 amide bonds. The molecule has 132 valence electrons. The van der Waals surface area contributed by atoms with Crippen molar-refractivity contribution in [1.29, 1.82) is 0 Å². The Kier molecular flexibility index (Phi) is 7.50. The van der Waals surface area contributed by atoms with Crippen LogP contribution in [-0.4, -0.2) is 31.3 Å². The van der Waals surface area contributed by atoms with Gasteiger partial charge in [0.15, 0.2) is 11.5 Å². The van der Waals surface area contributed by atoms with Crippen LogP contribution in [0.3, 0.4) is 0 Å². The Morgan fingerprint density at radius 1 is 1.16 bits per heavy atom. The van der Waals surface area contributed by atoms with E-state index in [1.54, 1.807) is 25.6 Å². The predicted molar refractivity (Wildman–Crippen MR) is 96.7 cm³/mol. The Bertz CT molecular complexity index is 698. The number of methoxy groups -OCH3 is 1. The molecule has 0 spiro atoms. The number of aryl methyl sites for hydroxylation is 1. The zero-order chi connectivity index (χ0) is 17.9. The first kappa shape index (κ1) is 18.5. The fourth-order valence-corrected chi connectivity index (χ4v) is 2.28. The van der Waals surface area contributed by atoms with Gasteiger partial charge in [0, 0.05) is 18.5 Å². The topological polar surface area (TPSA) is 57.7 Å². The highest BCUT2D eigenvalue weighted by Crippen LogP contribution is 2.28. The second-order valence-corrected chi connectivity index (χ2v) is 5.30. The van der Waals surface area contributed by atoms with E-state index in [0.29, 0.717) is 24.7 Å². The quantitative estimate of drug-likeness (QED) is 0.396. The summed E-state index contributed by atoms with van der Waals surface area (Å²) in [5, 5.41) is 0. The molecule has 1 aromatic carbocycles. The number of carbonyl (C=O) groups excluding carboxylic acids is 1. The number of esters is 1. The maximum Gasteiger partial charge on any atom is 0.330 e. The van der Waals surface area contributed by atoms with Crippen molar-refractivity contribution in [2.24, 2.45) is 0 Å². The first-order chi connectivity index (χ1) is 12.2. The van der Waals surface area contributed by atoms with E-state index >= 15 is 0 Å². The van der Waals surface area contributed by atoms with Crippen LogP contribution < -0.4 is 9.47 Å². The summed E-state index contributed by atoms with van der Waals surface area (Å²) >= 11 is 0. The summed E-state index contributed by atoms with van der Waals surface area (Å²) in [6, 6.07) is 9.41. The lowest BCUT2D eigenvalue weighted by molar-refractivity contribution is -0.137. The van der Waals surface area contributed by atoms with Gasteiger partial charge >= 0.3 is 5.97 Å². The summed E-state index contributed by atoms with van der Waals surface area (Å²) in [5.41, 5.74) is 2.03. The lowest BCUT2D eigenvalue weighted by atomic mass is 10.1. The maximum absolute atomic E-state index is 11.8. The van der Waals surface area contributed by atoms with Gasteiger partial charge in [0.25, 0.3) is 0 Å². The van der Waals surface area contributed by atoms with Gasteiger partial charge in [-0.2, -0.15) is 0 Å². The Hall–Kier alpha value is -2.82. The lowest BCUT2D eigenvalue weighted by Gasteiger charge is -2.09. The van der Waals surface area contributed by atoms with Crippen molar-refractivity contribution < 1.29 is 19.0 Å². The summed E-state index contributed by atoms with van der Waals surface area (Å²) in [4.78, 5) is 15.8. The molecule has 0 saturated carbocycles. The van der Waals surface area contributed by atoms with Crippen LogP contribution in [0.2, 0.25) is 0 Å². The van der Waals surface area contributed by atoms with E-state index in [4.69, 9.17) is 14.2 Å². The van der Waals surface area contributed by atoms with Crippen molar-refractivity contribution in [2.75, 3.05) is 20.3 Å². The molecule has 0 N–H and O–H groups in total. The normalized spacial score (nSPS) is 10.6. The van der Waals surface area contributed by atoms with E-state index in [2.05, 4.69) is 4.98 Å². The Labute approximate surface area is 148 Å². The van der Waals surface area contributed by atoms with E-state index in [1.807, 2.05) is 37.3 Å². The number of hydrogen-bond donors (Lipinski definition) is 0. The first-order valence-corrected chi connectivity index (χ1v) is 8.27. The van der Waals surface area contributed by atoms with Crippen molar-refractivity contribution >= 4 is 12.0 Å². The third-order valence-electron chi connectivity index (χ3n) is 3.50. The molecule has 1 heterocycles. The number of pyridine rings is 1. The Balaban J connectivity index is 1.80. The zero-order valence-corrected chi connectivity index (χ0v) is 14.6. The standard InChI is InChI=1S/C20H23NO4/c1-3-24-19-15-17(6-8-18(19)23-2)7-9-20(22)25-14-4-5-16-10-12-21-13-11-16/h6-13,15H,3-5,14H2,1-2H3. The number of hydrogen-bond acceptors (Lipinski definition) is 5. The number of aromatic nitrogens is 1. The Morgan fingerprint density at radius 3 is 2.68 bits per heavy atom. The fraction of sp³-hybridized carbons (Fsp3) is 0.300. The molecule has 1 aromatic heterocycles. The maximum atomic E-state index is 11.8. The minimum Gasteiger partial charge on any atom is -0.493 e. The van der Waals surface area contributed by atoms with Gasteiger partial charge < -0.3 is 14.2 Å². The smallest absolute Gasteiger partial charge is 0.330 e. The van der Waals surface area contributed by atoms with E-state index < -0.39 is 0 Å². The molecular formula is C20H23NO4. The summed E-state index contributed by atoms with van der Waals surface area (Å²) in [5.74, 6) is 0.957. The van der Waals surface area contributed by atoms with Crippen molar-refractivity contribution in [2.45, 2.75) is 19.8 Å². The lowest BCUT2D eigenvalue weighted by Crippen LogP contribution is -2.03. The average molecular weight is 341 g/mol. The van der Waals surface area contributed by atoms with E-state index in [9.17, 15) is 4.79 Å². The van der Waals surface area contributed by atoms with Gasteiger partial charge in [-0.05, 0) is 61.2 Å². The molecule has 5 nitrogen and oxygen atoms in total. The Morgan fingerprint density at radius 2 is 1.96 bits per heavy atom. The minimum atomic E-state index is -0.358. The fourth-order valence-electron chi connectivity index (χ4n) is 2.28. The predicted octanol–water partition coefficient (Wildman–Crippen LogP) is 3.68. The number of carbonyl (C=O) groups is 1. The van der Waals surface area contributed by atoms with Gasteiger partial charge in [0.2, 0.25) is 0 Å². The first-order valence-electron chi connectivity index (χ1n) is 8.27. The largest absolute Gasteiger partial charge is 0.493 e. The van der Waals surface area contributed by atoms with Crippen LogP contribution in [0.5, 0.6) is 11.5 Å². The second-order valence-electron chi connectivity index (χ2n) is 5.30. The van der Waals surface area contributed by atoms with Gasteiger partial charge in [-0.3, -0.25) is 4.98 Å². The van der Waals surface area contributed by atoms with Crippen molar-refractivity contribution in [3.8, 4) is 11.5 Å². The molecular weight excluding hydrogens is 318 g/mol. The summed E-state index contributed by atoms with van der Waals surface area (Å²) in [6.07, 6.45) is 8.28. The van der Waals surface area contributed by atoms with Gasteiger partial charge in [-0.1, -0.05) is 6.07 Å². The highest BCUT2D eigenvalue weighted by molar-refractivity contribution is 5.87. The van der Waals surface area contributed by atoms with E-state index in [-0.39, 0.29) is 5.97 Å². The third-order valence-corrected chi connectivity index (χ3v) is 3.50. The molecule has 5 heteroatoms. The molecule has 0 radical (unpaired) electrons. The van der Waals surface area contributed by atoms with Gasteiger partial charge in [0.05, 0.1) is 20.3 Å². The molecule has 0 bridgehead atoms. The van der Waals surface area contributed by atoms with E-state index in [0.717, 1.165) is 18.4 Å². The van der Waals surface area contributed by atoms with Gasteiger partial charge in [-0.25, -0.2) is 4.79 Å². The monoisotopic (exact) mass is 341 g/mol. The van der Waals surface area contributed by atoms with Crippen molar-refractivity contribution in [1.82, 2.24) is 4.98 Å². The highest BCUT2D eigenvalue weighted by atomic mass is 16.5. The molecule has 0 unspecified atom stereocenters. The van der Waals surface area contributed by atoms with Gasteiger partial charge in [0.1, 0.15) is 0 Å². The number of ether oxygens (including phenoxy) is 3. The minimum absolute atomic E-state index is 0.358. The van der Waals surface area contributed by atoms with Crippen molar-refractivity contribution in [3.05, 3.63) is 59.9 Å². The number of benzene rings is 1. The molecule has 0 fully saturated rings. The third kappa shape index (κ3) is 6.30. The van der Waals surface area contributed by atoms with Crippen LogP contribution in [0.1, 0.15) is 24.5 Å². The molecule has 0 atom stereocenters. The van der Waals surface area contributed by atoms with Crippen LogP contribution in [0.15, 0.2) is 48.8 Å². The molecule has 0 aliphatic carbocycles. The molecule has 2 aromatic rings. The van der Waals surface area contributed by atoms with E-state index in [1.165, 1.54) is 11.6 Å². The molecule has 25 heavy (non-hydrogen) atoms. The summed E-state index contributed by atoms with van der Waals surface area (Å²) in [6.45, 7) is 2.84. The van der Waals surface area contributed by atoms with Crippen LogP contribution in [0.25, 0.3) is 6.08 Å². The van der Waals surface area contributed by atoms with Crippen LogP contribution >= 0.6 is 0 Å². The van der Waals surface area contributed by atoms with Crippen LogP contribution in [0, 0.1) is 0 Å². The molecule has 0 aliphatic rings. The van der Waals surface area contributed by atoms with Crippen molar-refractivity contribution in [3.63, 3.8) is 0 Å². The molecule has 2 rings (SSSR count). The summed E-state index contributed by atoms with van der Waals surface area (Å²) in [7, 11) is 1.59. The highest BCUT2D eigenvalue weighted by Gasteiger charge is 2.04. The zero-order valence-electron chi connectivity index (χ0n) is 14.6. The van der Waals surface area contributed by atoms with Gasteiger partial charge in [-0.15, -0.1) is 0 Å². The molecule has 0 saturated heterocycles.